The molecule has 2 aliphatic heterocycles. The topological polar surface area (TPSA) is 132 Å². The Morgan fingerprint density at radius 2 is 1.68 bits per heavy atom. The van der Waals surface area contributed by atoms with Crippen molar-refractivity contribution in [3.05, 3.63) is 53.6 Å². The van der Waals surface area contributed by atoms with Crippen LogP contribution in [0.3, 0.4) is 0 Å². The third-order valence-corrected chi connectivity index (χ3v) is 6.71. The van der Waals surface area contributed by atoms with Crippen molar-refractivity contribution in [3.63, 3.8) is 0 Å². The Hall–Kier alpha value is -3.80. The first-order chi connectivity index (χ1) is 20.0. The van der Waals surface area contributed by atoms with Crippen molar-refractivity contribution >= 4 is 23.6 Å². The summed E-state index contributed by atoms with van der Waals surface area (Å²) in [5.74, 6) is -0.940. The highest BCUT2D eigenvalue weighted by molar-refractivity contribution is 6.08. The van der Waals surface area contributed by atoms with Crippen LogP contribution in [0.2, 0.25) is 0 Å². The van der Waals surface area contributed by atoms with Crippen molar-refractivity contribution in [1.29, 1.82) is 0 Å². The number of benzene rings is 2. The van der Waals surface area contributed by atoms with Gasteiger partial charge in [0.2, 0.25) is 11.8 Å². The lowest BCUT2D eigenvalue weighted by atomic mass is 9.96. The average Bonchev–Trinajstić information content (AvgIpc) is 3.30. The van der Waals surface area contributed by atoms with Crippen LogP contribution in [-0.2, 0) is 35.1 Å². The molecule has 4 rings (SSSR count). The molecule has 2 aromatic rings. The van der Waals surface area contributed by atoms with Gasteiger partial charge >= 0.3 is 0 Å². The zero-order valence-electron chi connectivity index (χ0n) is 23.3. The Balaban J connectivity index is 1.30. The van der Waals surface area contributed by atoms with Crippen LogP contribution in [0.5, 0.6) is 5.75 Å². The second kappa shape index (κ2) is 15.3. The monoisotopic (exact) mass is 567 g/mol. The number of hydrogen-bond donors (Lipinski definition) is 2. The molecule has 2 aromatic carbocycles. The highest BCUT2D eigenvalue weighted by atomic mass is 16.5. The van der Waals surface area contributed by atoms with E-state index in [0.29, 0.717) is 62.0 Å². The maximum Gasteiger partial charge on any atom is 0.258 e. The minimum absolute atomic E-state index is 0.179. The number of piperidine rings is 1. The van der Waals surface area contributed by atoms with Gasteiger partial charge in [-0.1, -0.05) is 37.3 Å². The van der Waals surface area contributed by atoms with Crippen LogP contribution in [0.1, 0.15) is 42.1 Å². The lowest BCUT2D eigenvalue weighted by Crippen LogP contribution is -2.52. The SMILES string of the molecule is CCCOCCOCCOCCNC(=O)COc1cc2c(c(-c3ccccc3)c1)C(=O)N(C1CCC(=O)NC1=O)C2. The Labute approximate surface area is 239 Å². The fourth-order valence-electron chi connectivity index (χ4n) is 4.76. The molecule has 1 atom stereocenters. The maximum atomic E-state index is 13.5. The lowest BCUT2D eigenvalue weighted by molar-refractivity contribution is -0.137. The molecule has 2 heterocycles. The molecule has 0 aromatic heterocycles. The first kappa shape index (κ1) is 30.2. The predicted octanol–water partition coefficient (Wildman–Crippen LogP) is 2.07. The van der Waals surface area contributed by atoms with E-state index in [1.165, 1.54) is 4.90 Å². The minimum atomic E-state index is -0.722. The molecule has 220 valence electrons. The van der Waals surface area contributed by atoms with Gasteiger partial charge in [-0.05, 0) is 41.7 Å². The highest BCUT2D eigenvalue weighted by Crippen LogP contribution is 2.38. The van der Waals surface area contributed by atoms with Crippen molar-refractivity contribution in [2.45, 2.75) is 38.8 Å². The normalized spacial score (nSPS) is 16.5. The van der Waals surface area contributed by atoms with Crippen LogP contribution in [0, 0.1) is 0 Å². The Morgan fingerprint density at radius 1 is 0.976 bits per heavy atom. The zero-order valence-corrected chi connectivity index (χ0v) is 23.3. The van der Waals surface area contributed by atoms with E-state index in [9.17, 15) is 19.2 Å². The fourth-order valence-corrected chi connectivity index (χ4v) is 4.76. The van der Waals surface area contributed by atoms with E-state index in [2.05, 4.69) is 17.6 Å². The molecule has 41 heavy (non-hydrogen) atoms. The van der Waals surface area contributed by atoms with Crippen molar-refractivity contribution in [3.8, 4) is 16.9 Å². The molecule has 0 spiro atoms. The van der Waals surface area contributed by atoms with E-state index in [0.717, 1.165) is 18.6 Å². The number of fused-ring (bicyclic) bond motifs is 1. The standard InChI is InChI=1S/C30H37N3O8/c1-2-11-38-13-15-40-16-14-39-12-10-31-27(35)20-41-23-17-22-19-33(25-8-9-26(34)32-29(25)36)30(37)28(22)24(18-23)21-6-4-3-5-7-21/h3-7,17-18,25H,2,8-16,19-20H2,1H3,(H,31,35)(H,32,34,36). The molecule has 0 saturated carbocycles. The molecule has 0 aliphatic carbocycles. The van der Waals surface area contributed by atoms with Gasteiger partial charge in [0.15, 0.2) is 6.61 Å². The van der Waals surface area contributed by atoms with Crippen LogP contribution < -0.4 is 15.4 Å². The number of hydrogen-bond acceptors (Lipinski definition) is 8. The molecule has 0 radical (unpaired) electrons. The average molecular weight is 568 g/mol. The summed E-state index contributed by atoms with van der Waals surface area (Å²) in [6.45, 7) is 5.42. The first-order valence-electron chi connectivity index (χ1n) is 14.0. The van der Waals surface area contributed by atoms with Gasteiger partial charge < -0.3 is 29.2 Å². The first-order valence-corrected chi connectivity index (χ1v) is 14.0. The zero-order chi connectivity index (χ0) is 29.0. The molecule has 11 heteroatoms. The highest BCUT2D eigenvalue weighted by Gasteiger charge is 2.40. The Morgan fingerprint density at radius 3 is 2.39 bits per heavy atom. The summed E-state index contributed by atoms with van der Waals surface area (Å²) in [7, 11) is 0. The van der Waals surface area contributed by atoms with Gasteiger partial charge in [0.05, 0.1) is 38.6 Å². The van der Waals surface area contributed by atoms with Gasteiger partial charge in [0, 0.05) is 26.1 Å². The van der Waals surface area contributed by atoms with Gasteiger partial charge in [0.25, 0.3) is 11.8 Å². The summed E-state index contributed by atoms with van der Waals surface area (Å²) < 4.78 is 22.0. The number of carbonyl (C=O) groups excluding carboxylic acids is 4. The third kappa shape index (κ3) is 8.35. The minimum Gasteiger partial charge on any atom is -0.484 e. The van der Waals surface area contributed by atoms with Gasteiger partial charge in [-0.3, -0.25) is 24.5 Å². The van der Waals surface area contributed by atoms with Crippen LogP contribution >= 0.6 is 0 Å². The van der Waals surface area contributed by atoms with E-state index in [1.807, 2.05) is 30.3 Å². The van der Waals surface area contributed by atoms with E-state index < -0.39 is 11.9 Å². The van der Waals surface area contributed by atoms with Crippen molar-refractivity contribution < 1.29 is 38.1 Å². The number of nitrogens with one attached hydrogen (secondary N) is 2. The van der Waals surface area contributed by atoms with E-state index in [4.69, 9.17) is 18.9 Å². The van der Waals surface area contributed by atoms with Gasteiger partial charge in [0.1, 0.15) is 11.8 Å². The molecule has 0 bridgehead atoms. The second-order valence-corrected chi connectivity index (χ2v) is 9.75. The summed E-state index contributed by atoms with van der Waals surface area (Å²) in [6.07, 6.45) is 1.44. The summed E-state index contributed by atoms with van der Waals surface area (Å²) in [5.41, 5.74) is 2.66. The Kier molecular flexibility index (Phi) is 11.2. The molecule has 4 amide bonds. The summed E-state index contributed by atoms with van der Waals surface area (Å²) >= 11 is 0. The summed E-state index contributed by atoms with van der Waals surface area (Å²) in [4.78, 5) is 51.5. The molecule has 1 fully saturated rings. The van der Waals surface area contributed by atoms with Crippen molar-refractivity contribution in [2.24, 2.45) is 0 Å². The molecule has 1 saturated heterocycles. The predicted molar refractivity (Wildman–Crippen MR) is 149 cm³/mol. The van der Waals surface area contributed by atoms with Gasteiger partial charge in [-0.25, -0.2) is 0 Å². The fraction of sp³-hybridized carbons (Fsp3) is 0.467. The largest absolute Gasteiger partial charge is 0.484 e. The quantitative estimate of drug-likeness (QED) is 0.233. The lowest BCUT2D eigenvalue weighted by Gasteiger charge is -2.29. The number of amides is 4. The van der Waals surface area contributed by atoms with Crippen LogP contribution in [0.25, 0.3) is 11.1 Å². The molecular weight excluding hydrogens is 530 g/mol. The van der Waals surface area contributed by atoms with E-state index in [-0.39, 0.29) is 43.7 Å². The smallest absolute Gasteiger partial charge is 0.258 e. The second-order valence-electron chi connectivity index (χ2n) is 9.75. The van der Waals surface area contributed by atoms with Gasteiger partial charge in [-0.2, -0.15) is 0 Å². The van der Waals surface area contributed by atoms with Crippen LogP contribution in [0.4, 0.5) is 0 Å². The van der Waals surface area contributed by atoms with Crippen molar-refractivity contribution in [1.82, 2.24) is 15.5 Å². The molecular formula is C30H37N3O8. The summed E-state index contributed by atoms with van der Waals surface area (Å²) in [6, 6.07) is 12.1. The van der Waals surface area contributed by atoms with E-state index in [1.54, 1.807) is 12.1 Å². The van der Waals surface area contributed by atoms with Crippen molar-refractivity contribution in [2.75, 3.05) is 52.8 Å². The number of carbonyl (C=O) groups is 4. The van der Waals surface area contributed by atoms with Crippen LogP contribution in [-0.4, -0.2) is 87.4 Å². The molecule has 2 N–H and O–H groups in total. The summed E-state index contributed by atoms with van der Waals surface area (Å²) in [5, 5.41) is 5.08. The molecule has 1 unspecified atom stereocenters. The van der Waals surface area contributed by atoms with Gasteiger partial charge in [-0.15, -0.1) is 0 Å². The maximum absolute atomic E-state index is 13.5. The number of ether oxygens (including phenoxy) is 4. The number of nitrogens with zero attached hydrogens (tertiary/aromatic N) is 1. The van der Waals surface area contributed by atoms with E-state index >= 15 is 0 Å². The number of imide groups is 1. The number of rotatable bonds is 16. The molecule has 11 nitrogen and oxygen atoms in total. The third-order valence-electron chi connectivity index (χ3n) is 6.71. The molecule has 2 aliphatic rings. The Bertz CT molecular complexity index is 1220. The van der Waals surface area contributed by atoms with Crippen LogP contribution in [0.15, 0.2) is 42.5 Å².